The standard InChI is InChI=1S/C18H16O2/c1-14(18(19)20)12-17(16-10-6-3-7-11-16)13-15-8-4-2-5-9-15/h2-13H,1H3,(H,19,20). The Morgan fingerprint density at radius 3 is 2.05 bits per heavy atom. The molecular formula is C18H16O2. The van der Waals surface area contributed by atoms with Crippen molar-refractivity contribution in [2.75, 3.05) is 0 Å². The third-order valence-electron chi connectivity index (χ3n) is 2.94. The van der Waals surface area contributed by atoms with E-state index in [1.807, 2.05) is 66.7 Å². The second-order valence-corrected chi connectivity index (χ2v) is 4.51. The summed E-state index contributed by atoms with van der Waals surface area (Å²) in [4.78, 5) is 11.0. The summed E-state index contributed by atoms with van der Waals surface area (Å²) in [5, 5.41) is 9.05. The highest BCUT2D eigenvalue weighted by Crippen LogP contribution is 2.21. The maximum atomic E-state index is 11.0. The summed E-state index contributed by atoms with van der Waals surface area (Å²) >= 11 is 0. The van der Waals surface area contributed by atoms with E-state index in [9.17, 15) is 4.79 Å². The van der Waals surface area contributed by atoms with Crippen LogP contribution < -0.4 is 0 Å². The molecule has 1 N–H and O–H groups in total. The Morgan fingerprint density at radius 1 is 0.950 bits per heavy atom. The topological polar surface area (TPSA) is 37.3 Å². The number of rotatable bonds is 4. The van der Waals surface area contributed by atoms with Crippen LogP contribution in [0.15, 0.2) is 72.3 Å². The van der Waals surface area contributed by atoms with E-state index in [1.54, 1.807) is 13.0 Å². The van der Waals surface area contributed by atoms with Gasteiger partial charge in [-0.1, -0.05) is 60.7 Å². The molecule has 2 aromatic rings. The van der Waals surface area contributed by atoms with Gasteiger partial charge in [-0.2, -0.15) is 0 Å². The number of benzene rings is 2. The number of carboxylic acids is 1. The highest BCUT2D eigenvalue weighted by Gasteiger charge is 2.04. The molecule has 0 atom stereocenters. The summed E-state index contributed by atoms with van der Waals surface area (Å²) in [6.07, 6.45) is 3.69. The maximum absolute atomic E-state index is 11.0. The summed E-state index contributed by atoms with van der Waals surface area (Å²) in [5.41, 5.74) is 3.24. The lowest BCUT2D eigenvalue weighted by Gasteiger charge is -2.04. The summed E-state index contributed by atoms with van der Waals surface area (Å²) in [5.74, 6) is -0.903. The minimum absolute atomic E-state index is 0.316. The van der Waals surface area contributed by atoms with Crippen molar-refractivity contribution in [3.63, 3.8) is 0 Å². The fourth-order valence-electron chi connectivity index (χ4n) is 1.86. The lowest BCUT2D eigenvalue weighted by atomic mass is 10.0. The van der Waals surface area contributed by atoms with Crippen LogP contribution in [-0.4, -0.2) is 11.1 Å². The number of hydrogen-bond acceptors (Lipinski definition) is 1. The first-order chi connectivity index (χ1) is 9.66. The van der Waals surface area contributed by atoms with E-state index in [0.717, 1.165) is 16.7 Å². The van der Waals surface area contributed by atoms with E-state index in [2.05, 4.69) is 0 Å². The number of carboxylic acid groups (broad SMARTS) is 1. The molecule has 2 heteroatoms. The van der Waals surface area contributed by atoms with Crippen molar-refractivity contribution in [1.82, 2.24) is 0 Å². The van der Waals surface area contributed by atoms with Crippen molar-refractivity contribution < 1.29 is 9.90 Å². The van der Waals surface area contributed by atoms with Gasteiger partial charge in [-0.15, -0.1) is 0 Å². The predicted octanol–water partition coefficient (Wildman–Crippen LogP) is 4.26. The molecule has 0 aromatic heterocycles. The predicted molar refractivity (Wildman–Crippen MR) is 82.1 cm³/mol. The first-order valence-electron chi connectivity index (χ1n) is 6.40. The fraction of sp³-hybridized carbons (Fsp3) is 0.0556. The van der Waals surface area contributed by atoms with E-state index >= 15 is 0 Å². The average molecular weight is 264 g/mol. The Bertz CT molecular complexity index is 638. The molecule has 0 radical (unpaired) electrons. The number of allylic oxidation sites excluding steroid dienone is 2. The normalized spacial score (nSPS) is 12.2. The smallest absolute Gasteiger partial charge is 0.331 e. The van der Waals surface area contributed by atoms with Crippen LogP contribution in [0, 0.1) is 0 Å². The molecular weight excluding hydrogens is 248 g/mol. The SMILES string of the molecule is CC(=CC(=Cc1ccccc1)c1ccccc1)C(=O)O. The highest BCUT2D eigenvalue weighted by atomic mass is 16.4. The van der Waals surface area contributed by atoms with Gasteiger partial charge in [0, 0.05) is 5.57 Å². The molecule has 0 aliphatic heterocycles. The summed E-state index contributed by atoms with van der Waals surface area (Å²) in [6, 6.07) is 19.6. The summed E-state index contributed by atoms with van der Waals surface area (Å²) < 4.78 is 0. The van der Waals surface area contributed by atoms with Gasteiger partial charge in [0.25, 0.3) is 0 Å². The van der Waals surface area contributed by atoms with Crippen LogP contribution in [0.2, 0.25) is 0 Å². The zero-order chi connectivity index (χ0) is 14.4. The third-order valence-corrected chi connectivity index (χ3v) is 2.94. The molecule has 20 heavy (non-hydrogen) atoms. The van der Waals surface area contributed by atoms with Gasteiger partial charge in [-0.3, -0.25) is 0 Å². The van der Waals surface area contributed by atoms with Gasteiger partial charge in [0.2, 0.25) is 0 Å². The monoisotopic (exact) mass is 264 g/mol. The Morgan fingerprint density at radius 2 is 1.50 bits per heavy atom. The van der Waals surface area contributed by atoms with Crippen LogP contribution in [0.5, 0.6) is 0 Å². The van der Waals surface area contributed by atoms with Crippen LogP contribution in [0.1, 0.15) is 18.1 Å². The van der Waals surface area contributed by atoms with Crippen LogP contribution in [-0.2, 0) is 4.79 Å². The van der Waals surface area contributed by atoms with E-state index in [4.69, 9.17) is 5.11 Å². The summed E-state index contributed by atoms with van der Waals surface area (Å²) in [6.45, 7) is 1.60. The molecule has 0 bridgehead atoms. The van der Waals surface area contributed by atoms with Gasteiger partial charge in [0.05, 0.1) is 0 Å². The van der Waals surface area contributed by atoms with Gasteiger partial charge in [0.15, 0.2) is 0 Å². The molecule has 0 aliphatic rings. The van der Waals surface area contributed by atoms with Crippen molar-refractivity contribution >= 4 is 17.6 Å². The Balaban J connectivity index is 2.48. The molecule has 100 valence electrons. The van der Waals surface area contributed by atoms with Crippen LogP contribution in [0.4, 0.5) is 0 Å². The van der Waals surface area contributed by atoms with Gasteiger partial charge < -0.3 is 5.11 Å². The van der Waals surface area contributed by atoms with Gasteiger partial charge in [0.1, 0.15) is 0 Å². The maximum Gasteiger partial charge on any atom is 0.331 e. The second-order valence-electron chi connectivity index (χ2n) is 4.51. The van der Waals surface area contributed by atoms with Crippen molar-refractivity contribution in [2.45, 2.75) is 6.92 Å². The van der Waals surface area contributed by atoms with Crippen molar-refractivity contribution in [1.29, 1.82) is 0 Å². The van der Waals surface area contributed by atoms with E-state index in [-0.39, 0.29) is 0 Å². The molecule has 2 aromatic carbocycles. The average Bonchev–Trinajstić information content (AvgIpc) is 2.48. The molecule has 0 amide bonds. The first-order valence-corrected chi connectivity index (χ1v) is 6.40. The van der Waals surface area contributed by atoms with Crippen LogP contribution in [0.25, 0.3) is 11.6 Å². The molecule has 2 nitrogen and oxygen atoms in total. The number of hydrogen-bond donors (Lipinski definition) is 1. The number of aliphatic carboxylic acids is 1. The van der Waals surface area contributed by atoms with Gasteiger partial charge >= 0.3 is 5.97 Å². The van der Waals surface area contributed by atoms with Crippen LogP contribution in [0.3, 0.4) is 0 Å². The second kappa shape index (κ2) is 6.53. The molecule has 0 aliphatic carbocycles. The van der Waals surface area contributed by atoms with Crippen molar-refractivity contribution in [3.8, 4) is 0 Å². The van der Waals surface area contributed by atoms with Gasteiger partial charge in [-0.05, 0) is 35.8 Å². The molecule has 0 saturated heterocycles. The molecule has 0 unspecified atom stereocenters. The lowest BCUT2D eigenvalue weighted by Crippen LogP contribution is -1.96. The number of carbonyl (C=O) groups is 1. The molecule has 0 heterocycles. The van der Waals surface area contributed by atoms with Crippen molar-refractivity contribution in [3.05, 3.63) is 83.4 Å². The lowest BCUT2D eigenvalue weighted by molar-refractivity contribution is -0.132. The fourth-order valence-corrected chi connectivity index (χ4v) is 1.86. The molecule has 0 saturated carbocycles. The first kappa shape index (κ1) is 13.8. The minimum atomic E-state index is -0.903. The molecule has 0 spiro atoms. The van der Waals surface area contributed by atoms with E-state index in [1.165, 1.54) is 0 Å². The largest absolute Gasteiger partial charge is 0.478 e. The third kappa shape index (κ3) is 3.69. The minimum Gasteiger partial charge on any atom is -0.478 e. The van der Waals surface area contributed by atoms with Crippen molar-refractivity contribution in [2.24, 2.45) is 0 Å². The Hall–Kier alpha value is -2.61. The molecule has 0 fully saturated rings. The zero-order valence-corrected chi connectivity index (χ0v) is 11.3. The van der Waals surface area contributed by atoms with E-state index in [0.29, 0.717) is 5.57 Å². The molecule has 2 rings (SSSR count). The van der Waals surface area contributed by atoms with Gasteiger partial charge in [-0.25, -0.2) is 4.79 Å². The highest BCUT2D eigenvalue weighted by molar-refractivity contribution is 5.94. The Kier molecular flexibility index (Phi) is 4.51. The Labute approximate surface area is 118 Å². The zero-order valence-electron chi connectivity index (χ0n) is 11.3. The van der Waals surface area contributed by atoms with Crippen LogP contribution >= 0.6 is 0 Å². The summed E-state index contributed by atoms with van der Waals surface area (Å²) in [7, 11) is 0. The van der Waals surface area contributed by atoms with E-state index < -0.39 is 5.97 Å². The quantitative estimate of drug-likeness (QED) is 0.509.